The molecule has 2 N–H and O–H groups in total. The van der Waals surface area contributed by atoms with E-state index < -0.39 is 22.0 Å². The molecular weight excluding hydrogens is 256 g/mol. The van der Waals surface area contributed by atoms with Crippen molar-refractivity contribution in [2.24, 2.45) is 0 Å². The van der Waals surface area contributed by atoms with Crippen molar-refractivity contribution in [3.63, 3.8) is 0 Å². The van der Waals surface area contributed by atoms with Gasteiger partial charge in [0.15, 0.2) is 0 Å². The van der Waals surface area contributed by atoms with E-state index in [1.165, 1.54) is 24.3 Å². The highest BCUT2D eigenvalue weighted by Gasteiger charge is 2.23. The lowest BCUT2D eigenvalue weighted by atomic mass is 10.2. The molecule has 1 aromatic carbocycles. The lowest BCUT2D eigenvalue weighted by Crippen LogP contribution is -2.40. The van der Waals surface area contributed by atoms with E-state index in [0.717, 1.165) is 0 Å². The SMILES string of the molecule is CC[C@@H](NS(=O)(=O)c1cccc(C#N)c1)C(=O)O. The number of benzene rings is 1. The molecular formula is C11H12N2O4S. The van der Waals surface area contributed by atoms with Crippen LogP contribution in [0.3, 0.4) is 0 Å². The first-order valence-corrected chi connectivity index (χ1v) is 6.64. The Labute approximate surface area is 105 Å². The predicted octanol–water partition coefficient (Wildman–Crippen LogP) is 0.700. The van der Waals surface area contributed by atoms with Crippen molar-refractivity contribution in [3.8, 4) is 6.07 Å². The summed E-state index contributed by atoms with van der Waals surface area (Å²) in [7, 11) is -3.93. The van der Waals surface area contributed by atoms with Crippen LogP contribution in [0.2, 0.25) is 0 Å². The van der Waals surface area contributed by atoms with Crippen molar-refractivity contribution in [3.05, 3.63) is 29.8 Å². The molecule has 0 saturated heterocycles. The van der Waals surface area contributed by atoms with Crippen LogP contribution >= 0.6 is 0 Å². The first-order chi connectivity index (χ1) is 8.40. The largest absolute Gasteiger partial charge is 0.480 e. The number of nitrogens with one attached hydrogen (secondary N) is 1. The monoisotopic (exact) mass is 268 g/mol. The van der Waals surface area contributed by atoms with Gasteiger partial charge in [0, 0.05) is 0 Å². The van der Waals surface area contributed by atoms with E-state index in [0.29, 0.717) is 0 Å². The van der Waals surface area contributed by atoms with Crippen LogP contribution in [0.25, 0.3) is 0 Å². The Kier molecular flexibility index (Phi) is 4.42. The van der Waals surface area contributed by atoms with Gasteiger partial charge in [0.1, 0.15) is 6.04 Å². The van der Waals surface area contributed by atoms with Crippen LogP contribution in [0, 0.1) is 11.3 Å². The van der Waals surface area contributed by atoms with E-state index in [1.54, 1.807) is 6.92 Å². The van der Waals surface area contributed by atoms with Gasteiger partial charge in [-0.25, -0.2) is 8.42 Å². The molecule has 0 aromatic heterocycles. The van der Waals surface area contributed by atoms with Gasteiger partial charge in [-0.05, 0) is 24.6 Å². The van der Waals surface area contributed by atoms with Crippen LogP contribution in [0.5, 0.6) is 0 Å². The molecule has 1 atom stereocenters. The molecule has 1 rings (SSSR count). The summed E-state index contributed by atoms with van der Waals surface area (Å²) >= 11 is 0. The minimum Gasteiger partial charge on any atom is -0.480 e. The molecule has 0 spiro atoms. The van der Waals surface area contributed by atoms with Gasteiger partial charge in [-0.2, -0.15) is 9.98 Å². The summed E-state index contributed by atoms with van der Waals surface area (Å²) in [5.41, 5.74) is 0.196. The Morgan fingerprint density at radius 1 is 1.56 bits per heavy atom. The molecule has 1 aromatic rings. The molecule has 0 amide bonds. The summed E-state index contributed by atoms with van der Waals surface area (Å²) in [6.07, 6.45) is 0.131. The van der Waals surface area contributed by atoms with Gasteiger partial charge < -0.3 is 5.11 Å². The predicted molar refractivity (Wildman–Crippen MR) is 63.2 cm³/mol. The van der Waals surface area contributed by atoms with Crippen LogP contribution in [-0.4, -0.2) is 25.5 Å². The van der Waals surface area contributed by atoms with Gasteiger partial charge in [0.25, 0.3) is 0 Å². The second-order valence-electron chi connectivity index (χ2n) is 3.56. The van der Waals surface area contributed by atoms with E-state index in [9.17, 15) is 13.2 Å². The van der Waals surface area contributed by atoms with Crippen LogP contribution in [0.1, 0.15) is 18.9 Å². The van der Waals surface area contributed by atoms with Gasteiger partial charge in [0.2, 0.25) is 10.0 Å². The molecule has 0 heterocycles. The molecule has 0 radical (unpaired) electrons. The topological polar surface area (TPSA) is 107 Å². The molecule has 96 valence electrons. The molecule has 18 heavy (non-hydrogen) atoms. The molecule has 7 heteroatoms. The number of sulfonamides is 1. The number of hydrogen-bond acceptors (Lipinski definition) is 4. The van der Waals surface area contributed by atoms with Crippen LogP contribution in [0.4, 0.5) is 0 Å². The van der Waals surface area contributed by atoms with Crippen LogP contribution in [0.15, 0.2) is 29.2 Å². The van der Waals surface area contributed by atoms with E-state index in [-0.39, 0.29) is 16.9 Å². The minimum absolute atomic E-state index is 0.124. The Morgan fingerprint density at radius 2 is 2.22 bits per heavy atom. The van der Waals surface area contributed by atoms with Gasteiger partial charge in [0.05, 0.1) is 16.5 Å². The van der Waals surface area contributed by atoms with Crippen molar-refractivity contribution >= 4 is 16.0 Å². The summed E-state index contributed by atoms with van der Waals surface area (Å²) in [6, 6.07) is 6.03. The molecule has 0 aliphatic rings. The maximum Gasteiger partial charge on any atom is 0.321 e. The second-order valence-corrected chi connectivity index (χ2v) is 5.27. The Hall–Kier alpha value is -1.91. The average molecular weight is 268 g/mol. The fourth-order valence-corrected chi connectivity index (χ4v) is 2.61. The van der Waals surface area contributed by atoms with Crippen molar-refractivity contribution < 1.29 is 18.3 Å². The normalized spacial score (nSPS) is 12.7. The molecule has 0 unspecified atom stereocenters. The highest BCUT2D eigenvalue weighted by molar-refractivity contribution is 7.89. The van der Waals surface area contributed by atoms with Gasteiger partial charge in [-0.3, -0.25) is 4.79 Å². The van der Waals surface area contributed by atoms with E-state index in [4.69, 9.17) is 10.4 Å². The van der Waals surface area contributed by atoms with Crippen molar-refractivity contribution in [1.82, 2.24) is 4.72 Å². The Balaban J connectivity index is 3.07. The fourth-order valence-electron chi connectivity index (χ4n) is 1.30. The number of rotatable bonds is 5. The lowest BCUT2D eigenvalue weighted by Gasteiger charge is -2.12. The number of nitriles is 1. The van der Waals surface area contributed by atoms with Gasteiger partial charge >= 0.3 is 5.97 Å². The Morgan fingerprint density at radius 3 is 2.72 bits per heavy atom. The zero-order valence-corrected chi connectivity index (χ0v) is 10.4. The molecule has 0 saturated carbocycles. The van der Waals surface area contributed by atoms with E-state index in [2.05, 4.69) is 4.72 Å². The molecule has 0 aliphatic carbocycles. The molecule has 6 nitrogen and oxygen atoms in total. The first kappa shape index (κ1) is 14.2. The summed E-state index contributed by atoms with van der Waals surface area (Å²) in [5.74, 6) is -1.24. The van der Waals surface area contributed by atoms with Crippen LogP contribution in [-0.2, 0) is 14.8 Å². The van der Waals surface area contributed by atoms with Crippen molar-refractivity contribution in [1.29, 1.82) is 5.26 Å². The van der Waals surface area contributed by atoms with Crippen LogP contribution < -0.4 is 4.72 Å². The third kappa shape index (κ3) is 3.29. The number of hydrogen-bond donors (Lipinski definition) is 2. The minimum atomic E-state index is -3.93. The lowest BCUT2D eigenvalue weighted by molar-refractivity contribution is -0.139. The first-order valence-electron chi connectivity index (χ1n) is 5.16. The molecule has 0 fully saturated rings. The number of carbonyl (C=O) groups is 1. The summed E-state index contributed by atoms with van der Waals surface area (Å²) in [4.78, 5) is 10.7. The van der Waals surface area contributed by atoms with Crippen molar-refractivity contribution in [2.75, 3.05) is 0 Å². The highest BCUT2D eigenvalue weighted by Crippen LogP contribution is 2.12. The smallest absolute Gasteiger partial charge is 0.321 e. The summed E-state index contributed by atoms with van der Waals surface area (Å²) < 4.78 is 25.9. The quantitative estimate of drug-likeness (QED) is 0.817. The maximum absolute atomic E-state index is 11.9. The third-order valence-electron chi connectivity index (χ3n) is 2.28. The summed E-state index contributed by atoms with van der Waals surface area (Å²) in [5, 5.41) is 17.5. The summed E-state index contributed by atoms with van der Waals surface area (Å²) in [6.45, 7) is 1.56. The second kappa shape index (κ2) is 5.62. The highest BCUT2D eigenvalue weighted by atomic mass is 32.2. The number of nitrogens with zero attached hydrogens (tertiary/aromatic N) is 1. The number of carboxylic acids is 1. The zero-order chi connectivity index (χ0) is 13.8. The maximum atomic E-state index is 11.9. The van der Waals surface area contributed by atoms with Gasteiger partial charge in [-0.15, -0.1) is 0 Å². The number of carboxylic acid groups (broad SMARTS) is 1. The van der Waals surface area contributed by atoms with Crippen molar-refractivity contribution in [2.45, 2.75) is 24.3 Å². The van der Waals surface area contributed by atoms with E-state index >= 15 is 0 Å². The number of aliphatic carboxylic acids is 1. The standard InChI is InChI=1S/C11H12N2O4S/c1-2-10(11(14)15)13-18(16,17)9-5-3-4-8(6-9)7-12/h3-6,10,13H,2H2,1H3,(H,14,15)/t10-/m1/s1. The molecule has 0 aliphatic heterocycles. The zero-order valence-electron chi connectivity index (χ0n) is 9.62. The Bertz CT molecular complexity index is 589. The average Bonchev–Trinajstić information content (AvgIpc) is 2.35. The third-order valence-corrected chi connectivity index (χ3v) is 3.75. The fraction of sp³-hybridized carbons (Fsp3) is 0.273. The molecule has 0 bridgehead atoms. The van der Waals surface area contributed by atoms with Gasteiger partial charge in [-0.1, -0.05) is 13.0 Å². The van der Waals surface area contributed by atoms with E-state index in [1.807, 2.05) is 6.07 Å².